The minimum absolute atomic E-state index is 0.0145. The molecule has 6 heteroatoms. The topological polar surface area (TPSA) is 82.2 Å². The molecule has 0 saturated heterocycles. The van der Waals surface area contributed by atoms with Crippen molar-refractivity contribution in [1.82, 2.24) is 0 Å². The molecule has 0 atom stereocenters. The summed E-state index contributed by atoms with van der Waals surface area (Å²) in [6.07, 6.45) is 0. The van der Waals surface area contributed by atoms with Crippen LogP contribution in [0.4, 0.5) is 11.4 Å². The van der Waals surface area contributed by atoms with Crippen LogP contribution in [0.3, 0.4) is 0 Å². The van der Waals surface area contributed by atoms with E-state index in [0.717, 1.165) is 0 Å². The van der Waals surface area contributed by atoms with Crippen molar-refractivity contribution in [3.05, 3.63) is 18.2 Å². The standard InChI is InChI=1S/C6H5AsN2O3/c10-7(11,12)4-2-1-3-5-6(4)9-8-5/h1-3H,(H2,10,11,12). The zero-order chi connectivity index (χ0) is 8.77. The van der Waals surface area contributed by atoms with Gasteiger partial charge in [0.1, 0.15) is 0 Å². The van der Waals surface area contributed by atoms with Crippen molar-refractivity contribution < 1.29 is 11.9 Å². The molecule has 0 spiro atoms. The minimum atomic E-state index is -4.79. The molecule has 0 saturated carbocycles. The van der Waals surface area contributed by atoms with Crippen LogP contribution in [0.2, 0.25) is 0 Å². The van der Waals surface area contributed by atoms with E-state index in [1.807, 2.05) is 0 Å². The molecule has 1 aromatic rings. The van der Waals surface area contributed by atoms with E-state index in [-0.39, 0.29) is 4.35 Å². The first-order valence-electron chi connectivity index (χ1n) is 3.20. The Morgan fingerprint density at radius 2 is 2.00 bits per heavy atom. The number of benzene rings is 1. The van der Waals surface area contributed by atoms with E-state index in [9.17, 15) is 3.74 Å². The molecule has 12 heavy (non-hydrogen) atoms. The number of fused-ring (bicyclic) bond motifs is 1. The summed E-state index contributed by atoms with van der Waals surface area (Å²) in [4.78, 5) is 0. The summed E-state index contributed by atoms with van der Waals surface area (Å²) < 4.78 is 28.7. The molecule has 0 amide bonds. The average molecular weight is 228 g/mol. The molecule has 1 heterocycles. The molecular formula is C6H5AsN2O3. The molecule has 1 aromatic carbocycles. The van der Waals surface area contributed by atoms with Gasteiger partial charge in [0, 0.05) is 0 Å². The number of nitrogens with zero attached hydrogens (tertiary/aromatic N) is 2. The molecule has 0 unspecified atom stereocenters. The van der Waals surface area contributed by atoms with Gasteiger partial charge in [-0.2, -0.15) is 0 Å². The van der Waals surface area contributed by atoms with Crippen LogP contribution in [0.25, 0.3) is 0 Å². The molecule has 1 aliphatic heterocycles. The predicted octanol–water partition coefficient (Wildman–Crippen LogP) is -0.0236. The molecule has 1 aliphatic rings. The zero-order valence-electron chi connectivity index (χ0n) is 5.88. The van der Waals surface area contributed by atoms with E-state index in [0.29, 0.717) is 11.4 Å². The Bertz CT molecular complexity index is 409. The van der Waals surface area contributed by atoms with Crippen LogP contribution in [0.1, 0.15) is 0 Å². The van der Waals surface area contributed by atoms with Crippen LogP contribution < -0.4 is 4.35 Å². The van der Waals surface area contributed by atoms with Crippen molar-refractivity contribution in [2.45, 2.75) is 0 Å². The molecule has 5 nitrogen and oxygen atoms in total. The van der Waals surface area contributed by atoms with Crippen LogP contribution in [0.5, 0.6) is 0 Å². The fourth-order valence-corrected chi connectivity index (χ4v) is 2.50. The van der Waals surface area contributed by atoms with E-state index in [1.54, 1.807) is 12.1 Å². The summed E-state index contributed by atoms with van der Waals surface area (Å²) in [5, 5.41) is 7.15. The summed E-state index contributed by atoms with van der Waals surface area (Å²) in [6, 6.07) is 4.61. The zero-order valence-corrected chi connectivity index (χ0v) is 7.75. The van der Waals surface area contributed by atoms with E-state index >= 15 is 0 Å². The van der Waals surface area contributed by atoms with E-state index in [4.69, 9.17) is 8.19 Å². The average Bonchev–Trinajstić information content (AvgIpc) is 1.88. The van der Waals surface area contributed by atoms with Crippen molar-refractivity contribution in [1.29, 1.82) is 0 Å². The second kappa shape index (κ2) is 2.29. The van der Waals surface area contributed by atoms with Crippen molar-refractivity contribution in [2.24, 2.45) is 10.2 Å². The summed E-state index contributed by atoms with van der Waals surface area (Å²) in [7, 11) is 0. The van der Waals surface area contributed by atoms with Crippen LogP contribution in [-0.2, 0) is 3.74 Å². The Kier molecular flexibility index (Phi) is 1.48. The Balaban J connectivity index is 2.63. The summed E-state index contributed by atoms with van der Waals surface area (Å²) in [5.41, 5.74) is 0.891. The van der Waals surface area contributed by atoms with Gasteiger partial charge in [-0.15, -0.1) is 0 Å². The van der Waals surface area contributed by atoms with E-state index < -0.39 is 14.2 Å². The van der Waals surface area contributed by atoms with Gasteiger partial charge >= 0.3 is 70.3 Å². The van der Waals surface area contributed by atoms with Crippen molar-refractivity contribution >= 4 is 29.9 Å². The molecule has 0 bridgehead atoms. The van der Waals surface area contributed by atoms with E-state index in [2.05, 4.69) is 10.2 Å². The fourth-order valence-electron chi connectivity index (χ4n) is 0.997. The van der Waals surface area contributed by atoms with Gasteiger partial charge in [-0.1, -0.05) is 0 Å². The third-order valence-electron chi connectivity index (χ3n) is 1.56. The summed E-state index contributed by atoms with van der Waals surface area (Å²) in [6.45, 7) is 0. The monoisotopic (exact) mass is 228 g/mol. The molecule has 0 aliphatic carbocycles. The van der Waals surface area contributed by atoms with Crippen molar-refractivity contribution in [3.63, 3.8) is 0 Å². The van der Waals surface area contributed by atoms with Gasteiger partial charge < -0.3 is 0 Å². The predicted molar refractivity (Wildman–Crippen MR) is 41.1 cm³/mol. The van der Waals surface area contributed by atoms with Gasteiger partial charge in [-0.3, -0.25) is 0 Å². The second-order valence-electron chi connectivity index (χ2n) is 2.39. The Morgan fingerprint density at radius 1 is 1.25 bits per heavy atom. The quantitative estimate of drug-likeness (QED) is 0.672. The Hall–Kier alpha value is -0.902. The molecule has 2 rings (SSSR count). The van der Waals surface area contributed by atoms with Crippen LogP contribution in [0, 0.1) is 0 Å². The molecule has 0 fully saturated rings. The van der Waals surface area contributed by atoms with Crippen molar-refractivity contribution in [2.75, 3.05) is 0 Å². The maximum atomic E-state index is 10.9. The third kappa shape index (κ3) is 1.03. The van der Waals surface area contributed by atoms with Gasteiger partial charge in [-0.25, -0.2) is 0 Å². The first kappa shape index (κ1) is 7.73. The van der Waals surface area contributed by atoms with Crippen LogP contribution in [-0.4, -0.2) is 22.4 Å². The number of azo groups is 1. The van der Waals surface area contributed by atoms with E-state index in [1.165, 1.54) is 6.07 Å². The van der Waals surface area contributed by atoms with Crippen LogP contribution >= 0.6 is 0 Å². The number of hydrogen-bond acceptors (Lipinski definition) is 3. The first-order chi connectivity index (χ1) is 5.59. The van der Waals surface area contributed by atoms with Gasteiger partial charge in [0.05, 0.1) is 0 Å². The van der Waals surface area contributed by atoms with Crippen LogP contribution in [0.15, 0.2) is 28.4 Å². The maximum absolute atomic E-state index is 10.9. The number of rotatable bonds is 1. The summed E-state index contributed by atoms with van der Waals surface area (Å²) >= 11 is -4.79. The van der Waals surface area contributed by atoms with Gasteiger partial charge in [0.15, 0.2) is 0 Å². The Morgan fingerprint density at radius 3 is 2.42 bits per heavy atom. The Labute approximate surface area is 70.8 Å². The second-order valence-corrected chi connectivity index (χ2v) is 5.68. The van der Waals surface area contributed by atoms with Gasteiger partial charge in [-0.05, 0) is 0 Å². The molecular weight excluding hydrogens is 223 g/mol. The van der Waals surface area contributed by atoms with Gasteiger partial charge in [0.2, 0.25) is 0 Å². The molecule has 0 radical (unpaired) electrons. The van der Waals surface area contributed by atoms with Crippen molar-refractivity contribution in [3.8, 4) is 0 Å². The summed E-state index contributed by atoms with van der Waals surface area (Å²) in [5.74, 6) is 0. The fraction of sp³-hybridized carbons (Fsp3) is 0. The normalized spacial score (nSPS) is 13.8. The van der Waals surface area contributed by atoms with Gasteiger partial charge in [0.25, 0.3) is 0 Å². The third-order valence-corrected chi connectivity index (χ3v) is 3.64. The molecule has 0 aromatic heterocycles. The SMILES string of the molecule is O=[As](O)(O)c1cccc2c1N=N2. The number of hydrogen-bond donors (Lipinski definition) is 2. The first-order valence-corrected chi connectivity index (χ1v) is 6.58. The molecule has 62 valence electrons. The molecule has 2 N–H and O–H groups in total.